The van der Waals surface area contributed by atoms with Crippen molar-refractivity contribution in [3.05, 3.63) is 21.9 Å². The van der Waals surface area contributed by atoms with Crippen LogP contribution < -0.4 is 0 Å². The maximum Gasteiger partial charge on any atom is 0.0541 e. The summed E-state index contributed by atoms with van der Waals surface area (Å²) in [4.78, 5) is 3.80. The third-order valence-corrected chi connectivity index (χ3v) is 4.74. The highest BCUT2D eigenvalue weighted by molar-refractivity contribution is 7.10. The third kappa shape index (κ3) is 4.60. The molecule has 2 rings (SSSR count). The fourth-order valence-corrected chi connectivity index (χ4v) is 3.42. The largest absolute Gasteiger partial charge is 0.395 e. The summed E-state index contributed by atoms with van der Waals surface area (Å²) in [7, 11) is 0. The molecule has 2 heterocycles. The number of piperidine rings is 1. The van der Waals surface area contributed by atoms with E-state index in [1.54, 1.807) is 11.3 Å². The Hall–Kier alpha value is -0.860. The molecule has 110 valence electrons. The van der Waals surface area contributed by atoms with Crippen molar-refractivity contribution in [3.63, 3.8) is 0 Å². The van der Waals surface area contributed by atoms with Crippen molar-refractivity contribution in [3.8, 4) is 11.8 Å². The van der Waals surface area contributed by atoms with Gasteiger partial charge in [0.25, 0.3) is 0 Å². The minimum atomic E-state index is -0.174. The van der Waals surface area contributed by atoms with Crippen molar-refractivity contribution in [2.24, 2.45) is 5.92 Å². The van der Waals surface area contributed by atoms with Crippen molar-refractivity contribution in [2.45, 2.75) is 38.8 Å². The molecule has 4 heteroatoms. The Morgan fingerprint density at radius 2 is 2.20 bits per heavy atom. The monoisotopic (exact) mass is 293 g/mol. The molecule has 3 nitrogen and oxygen atoms in total. The summed E-state index contributed by atoms with van der Waals surface area (Å²) in [6.07, 6.45) is 2.54. The van der Waals surface area contributed by atoms with Gasteiger partial charge in [-0.25, -0.2) is 0 Å². The Labute approximate surface area is 125 Å². The zero-order chi connectivity index (χ0) is 14.4. The standard InChI is InChI=1S/C16H23NO2S/c1-13(19)15-5-7-17(8-6-15)11-16-10-14(12-20-16)4-2-3-9-18/h10,12-13,15,18-19H,3,5-9,11H2,1H3. The summed E-state index contributed by atoms with van der Waals surface area (Å²) in [5.74, 6) is 6.49. The van der Waals surface area contributed by atoms with Gasteiger partial charge in [-0.3, -0.25) is 4.90 Å². The first-order valence-corrected chi connectivity index (χ1v) is 8.14. The maximum absolute atomic E-state index is 9.61. The Kier molecular flexibility index (Phi) is 6.06. The average molecular weight is 293 g/mol. The molecular formula is C16H23NO2S. The van der Waals surface area contributed by atoms with E-state index in [-0.39, 0.29) is 12.7 Å². The zero-order valence-electron chi connectivity index (χ0n) is 12.0. The summed E-state index contributed by atoms with van der Waals surface area (Å²) in [6, 6.07) is 2.15. The molecule has 0 saturated carbocycles. The summed E-state index contributed by atoms with van der Waals surface area (Å²) >= 11 is 1.75. The number of hydrogen-bond donors (Lipinski definition) is 2. The predicted molar refractivity (Wildman–Crippen MR) is 82.6 cm³/mol. The molecule has 0 radical (unpaired) electrons. The molecule has 1 aliphatic heterocycles. The summed E-state index contributed by atoms with van der Waals surface area (Å²) in [5, 5.41) is 20.4. The van der Waals surface area contributed by atoms with Gasteiger partial charge < -0.3 is 10.2 Å². The summed E-state index contributed by atoms with van der Waals surface area (Å²) in [5.41, 5.74) is 1.05. The van der Waals surface area contributed by atoms with Gasteiger partial charge in [-0.2, -0.15) is 0 Å². The molecule has 1 fully saturated rings. The van der Waals surface area contributed by atoms with Crippen molar-refractivity contribution in [1.82, 2.24) is 4.90 Å². The lowest BCUT2D eigenvalue weighted by Crippen LogP contribution is -2.36. The molecule has 1 aliphatic rings. The second-order valence-corrected chi connectivity index (χ2v) is 6.43. The van der Waals surface area contributed by atoms with Crippen molar-refractivity contribution in [2.75, 3.05) is 19.7 Å². The molecule has 1 aromatic heterocycles. The van der Waals surface area contributed by atoms with Crippen molar-refractivity contribution in [1.29, 1.82) is 0 Å². The lowest BCUT2D eigenvalue weighted by Gasteiger charge is -2.32. The summed E-state index contributed by atoms with van der Waals surface area (Å²) in [6.45, 7) is 5.15. The fraction of sp³-hybridized carbons (Fsp3) is 0.625. The smallest absolute Gasteiger partial charge is 0.0541 e. The van der Waals surface area contributed by atoms with E-state index in [1.165, 1.54) is 4.88 Å². The molecule has 0 aromatic carbocycles. The molecule has 1 saturated heterocycles. The summed E-state index contributed by atoms with van der Waals surface area (Å²) < 4.78 is 0. The number of rotatable bonds is 4. The van der Waals surface area contributed by atoms with Crippen LogP contribution in [0.15, 0.2) is 11.4 Å². The van der Waals surface area contributed by atoms with E-state index in [1.807, 2.05) is 6.92 Å². The molecule has 0 aliphatic carbocycles. The first-order chi connectivity index (χ1) is 9.69. The molecular weight excluding hydrogens is 270 g/mol. The van der Waals surface area contributed by atoms with Crippen LogP contribution in [0.2, 0.25) is 0 Å². The quantitative estimate of drug-likeness (QED) is 0.835. The van der Waals surface area contributed by atoms with Crippen LogP contribution in [-0.4, -0.2) is 40.9 Å². The van der Waals surface area contributed by atoms with Gasteiger partial charge in [0, 0.05) is 28.8 Å². The van der Waals surface area contributed by atoms with Crippen molar-refractivity contribution >= 4 is 11.3 Å². The average Bonchev–Trinajstić information content (AvgIpc) is 2.87. The molecule has 0 bridgehead atoms. The minimum Gasteiger partial charge on any atom is -0.395 e. The molecule has 0 spiro atoms. The maximum atomic E-state index is 9.61. The highest BCUT2D eigenvalue weighted by Crippen LogP contribution is 2.23. The van der Waals surface area contributed by atoms with Gasteiger partial charge in [0.1, 0.15) is 0 Å². The molecule has 0 amide bonds. The highest BCUT2D eigenvalue weighted by Gasteiger charge is 2.22. The molecule has 2 N–H and O–H groups in total. The SMILES string of the molecule is CC(O)C1CCN(Cc2cc(C#CCCO)cs2)CC1. The molecule has 20 heavy (non-hydrogen) atoms. The highest BCUT2D eigenvalue weighted by atomic mass is 32.1. The van der Waals surface area contributed by atoms with Gasteiger partial charge in [-0.1, -0.05) is 11.8 Å². The van der Waals surface area contributed by atoms with Gasteiger partial charge in [0.05, 0.1) is 12.7 Å². The minimum absolute atomic E-state index is 0.127. The van der Waals surface area contributed by atoms with E-state index in [9.17, 15) is 5.11 Å². The van der Waals surface area contributed by atoms with E-state index in [0.29, 0.717) is 12.3 Å². The number of aliphatic hydroxyl groups is 2. The van der Waals surface area contributed by atoms with Crippen LogP contribution in [0.1, 0.15) is 36.6 Å². The number of thiophene rings is 1. The van der Waals surface area contributed by atoms with Crippen molar-refractivity contribution < 1.29 is 10.2 Å². The Morgan fingerprint density at radius 3 is 2.85 bits per heavy atom. The number of nitrogens with zero attached hydrogens (tertiary/aromatic N) is 1. The Bertz CT molecular complexity index is 464. The van der Waals surface area contributed by atoms with Crippen LogP contribution in [0.25, 0.3) is 0 Å². The first kappa shape index (κ1) is 15.5. The van der Waals surface area contributed by atoms with Gasteiger partial charge in [0.2, 0.25) is 0 Å². The van der Waals surface area contributed by atoms with Gasteiger partial charge in [-0.15, -0.1) is 11.3 Å². The van der Waals surface area contributed by atoms with Crippen LogP contribution in [0.3, 0.4) is 0 Å². The lowest BCUT2D eigenvalue weighted by atomic mass is 9.92. The second kappa shape index (κ2) is 7.80. The third-order valence-electron chi connectivity index (χ3n) is 3.82. The van der Waals surface area contributed by atoms with Gasteiger partial charge >= 0.3 is 0 Å². The van der Waals surface area contributed by atoms with E-state index in [0.717, 1.165) is 38.0 Å². The lowest BCUT2D eigenvalue weighted by molar-refractivity contribution is 0.0698. The fourth-order valence-electron chi connectivity index (χ4n) is 2.56. The number of aliphatic hydroxyl groups excluding tert-OH is 2. The van der Waals surface area contributed by atoms with Crippen LogP contribution in [0.5, 0.6) is 0 Å². The van der Waals surface area contributed by atoms with E-state index < -0.39 is 0 Å². The van der Waals surface area contributed by atoms with E-state index in [4.69, 9.17) is 5.11 Å². The molecule has 1 aromatic rings. The second-order valence-electron chi connectivity index (χ2n) is 5.43. The molecule has 1 unspecified atom stereocenters. The van der Waals surface area contributed by atoms with E-state index in [2.05, 4.69) is 28.2 Å². The van der Waals surface area contributed by atoms with Crippen LogP contribution >= 0.6 is 11.3 Å². The van der Waals surface area contributed by atoms with E-state index >= 15 is 0 Å². The topological polar surface area (TPSA) is 43.7 Å². The normalized spacial score (nSPS) is 18.6. The zero-order valence-corrected chi connectivity index (χ0v) is 12.8. The Morgan fingerprint density at radius 1 is 1.45 bits per heavy atom. The van der Waals surface area contributed by atoms with Gasteiger partial charge in [0.15, 0.2) is 0 Å². The number of hydrogen-bond acceptors (Lipinski definition) is 4. The van der Waals surface area contributed by atoms with Crippen LogP contribution in [0, 0.1) is 17.8 Å². The Balaban J connectivity index is 1.82. The van der Waals surface area contributed by atoms with Gasteiger partial charge in [-0.05, 0) is 44.8 Å². The first-order valence-electron chi connectivity index (χ1n) is 7.26. The number of likely N-dealkylation sites (tertiary alicyclic amines) is 1. The van der Waals surface area contributed by atoms with Crippen LogP contribution in [-0.2, 0) is 6.54 Å². The molecule has 1 atom stereocenters. The predicted octanol–water partition coefficient (Wildman–Crippen LogP) is 2.07. The van der Waals surface area contributed by atoms with Crippen LogP contribution in [0.4, 0.5) is 0 Å².